The molecule has 0 unspecified atom stereocenters. The molecular weight excluding hydrogens is 1010 g/mol. The molecular formula is C58H86N2O18. The van der Waals surface area contributed by atoms with E-state index in [9.17, 15) is 70.6 Å². The Morgan fingerprint density at radius 3 is 1.87 bits per heavy atom. The summed E-state index contributed by atoms with van der Waals surface area (Å²) >= 11 is 0. The van der Waals surface area contributed by atoms with Gasteiger partial charge >= 0.3 is 11.9 Å². The summed E-state index contributed by atoms with van der Waals surface area (Å²) in [4.78, 5) is 38.6. The zero-order valence-corrected chi connectivity index (χ0v) is 44.9. The summed E-state index contributed by atoms with van der Waals surface area (Å²) in [5.41, 5.74) is 12.7. The molecule has 0 aromatic heterocycles. The Balaban J connectivity index is 1.52. The van der Waals surface area contributed by atoms with Crippen molar-refractivity contribution in [2.24, 2.45) is 23.5 Å². The van der Waals surface area contributed by atoms with Crippen molar-refractivity contribution < 1.29 is 89.5 Å². The van der Waals surface area contributed by atoms with Crippen LogP contribution in [0.25, 0.3) is 0 Å². The number of benzene rings is 1. The summed E-state index contributed by atoms with van der Waals surface area (Å²) in [5.74, 6) is -6.83. The van der Waals surface area contributed by atoms with Crippen molar-refractivity contribution >= 4 is 23.4 Å². The van der Waals surface area contributed by atoms with Crippen molar-refractivity contribution in [2.75, 3.05) is 5.73 Å². The molecule has 4 rings (SSSR count). The van der Waals surface area contributed by atoms with Crippen molar-refractivity contribution in [3.63, 3.8) is 0 Å². The third kappa shape index (κ3) is 22.8. The van der Waals surface area contributed by atoms with Crippen molar-refractivity contribution in [3.8, 4) is 0 Å². The number of carboxylic acid groups (broad SMARTS) is 1. The number of anilines is 1. The van der Waals surface area contributed by atoms with E-state index in [0.29, 0.717) is 17.7 Å². The minimum absolute atomic E-state index is 0.101. The smallest absolute Gasteiger partial charge is 0.311 e. The summed E-state index contributed by atoms with van der Waals surface area (Å²) < 4.78 is 23.8. The largest absolute Gasteiger partial charge is 0.481 e. The van der Waals surface area contributed by atoms with Crippen LogP contribution in [0.4, 0.5) is 5.69 Å². The number of nitrogen functional groups attached to an aromatic ring is 1. The van der Waals surface area contributed by atoms with E-state index in [0.717, 1.165) is 0 Å². The van der Waals surface area contributed by atoms with Crippen molar-refractivity contribution in [3.05, 3.63) is 115 Å². The molecule has 0 radical (unpaired) electrons. The number of ether oxygens (including phenoxy) is 4. The fourth-order valence-electron chi connectivity index (χ4n) is 9.95. The van der Waals surface area contributed by atoms with E-state index in [1.807, 2.05) is 19.9 Å². The second-order valence-corrected chi connectivity index (χ2v) is 21.2. The van der Waals surface area contributed by atoms with Crippen LogP contribution in [0.3, 0.4) is 0 Å². The Morgan fingerprint density at radius 1 is 0.731 bits per heavy atom. The molecule has 1 aromatic carbocycles. The number of Topliss-reactive ketones (excluding diaryl/α,β-unsaturated/α-hetero) is 1. The molecule has 20 heteroatoms. The Kier molecular flexibility index (Phi) is 27.9. The number of allylic oxidation sites excluding steroid dienone is 12. The lowest BCUT2D eigenvalue weighted by molar-refractivity contribution is -0.308. The summed E-state index contributed by atoms with van der Waals surface area (Å²) in [6, 6.07) is 5.30. The standard InChI is InChI=1S/C58H86N2O18/c1-35-17-14-12-10-8-6-4-5-7-9-11-13-15-20-46(76-57-54(71)52(60)53(70)37(3)75-57)32-49-51(56(72)73)48(68)34-58(74,78-49)33-45(66)29-43(64)27-40(61)18-16-19-41(62)28-44(65)31-50(69)77-55(35)36(2)21-26-42(63)30-47(67)38-22-24-39(59)25-23-38/h4-15,17,20,22-25,35-37,40-46,48-49,51-55,57,61-66,68,70-71,74H,16,18-19,21,26-34,59-60H2,1-3H3,(H,72,73)/b5-4-,8-6-,9-7-,12-10-,13-11-,17-14-,20-15-/t35-,36+,37-,40+,41-,42+,43-,44-,45+,46-,48+,49-,51-,52+,53-,54+,55-,57-,58+/m1/s1. The number of hydrogen-bond donors (Lipinski definition) is 13. The van der Waals surface area contributed by atoms with E-state index < -0.39 is 135 Å². The third-order valence-electron chi connectivity index (χ3n) is 14.3. The van der Waals surface area contributed by atoms with Crippen LogP contribution in [0.5, 0.6) is 0 Å². The number of fused-ring (bicyclic) bond motifs is 2. The maximum absolute atomic E-state index is 13.3. The minimum atomic E-state index is -2.29. The van der Waals surface area contributed by atoms with Crippen LogP contribution in [-0.4, -0.2) is 171 Å². The average Bonchev–Trinajstić information content (AvgIpc) is 3.37. The third-order valence-corrected chi connectivity index (χ3v) is 14.3. The van der Waals surface area contributed by atoms with Crippen LogP contribution in [0, 0.1) is 17.8 Å². The number of rotatable bonds is 10. The van der Waals surface area contributed by atoms with E-state index in [4.69, 9.17) is 30.4 Å². The quantitative estimate of drug-likeness (QED) is 0.0909. The monoisotopic (exact) mass is 1100 g/mol. The number of aliphatic hydroxyl groups is 10. The van der Waals surface area contributed by atoms with E-state index in [-0.39, 0.29) is 75.4 Å². The number of carbonyl (C=O) groups is 3. The first kappa shape index (κ1) is 65.8. The average molecular weight is 1100 g/mol. The molecule has 0 saturated carbocycles. The highest BCUT2D eigenvalue weighted by Gasteiger charge is 2.51. The topological polar surface area (TPSA) is 363 Å². The van der Waals surface area contributed by atoms with Gasteiger partial charge in [-0.15, -0.1) is 0 Å². The molecule has 2 saturated heterocycles. The summed E-state index contributed by atoms with van der Waals surface area (Å²) in [7, 11) is 0. The van der Waals surface area contributed by atoms with Gasteiger partial charge in [-0.25, -0.2) is 0 Å². The van der Waals surface area contributed by atoms with Crippen molar-refractivity contribution in [2.45, 2.75) is 202 Å². The van der Waals surface area contributed by atoms with Gasteiger partial charge < -0.3 is 86.6 Å². The highest BCUT2D eigenvalue weighted by molar-refractivity contribution is 5.96. The maximum atomic E-state index is 13.3. The Hall–Kier alpha value is -4.75. The number of carbonyl (C=O) groups excluding carboxylic acids is 2. The molecule has 3 aliphatic heterocycles. The lowest BCUT2D eigenvalue weighted by atomic mass is 9.82. The first-order valence-electron chi connectivity index (χ1n) is 27.0. The number of aliphatic carboxylic acids is 1. The molecule has 436 valence electrons. The number of esters is 1. The fourth-order valence-corrected chi connectivity index (χ4v) is 9.95. The number of aliphatic hydroxyl groups excluding tert-OH is 9. The van der Waals surface area contributed by atoms with Gasteiger partial charge in [-0.1, -0.05) is 98.9 Å². The molecule has 2 fully saturated rings. The molecule has 0 amide bonds. The molecule has 0 spiro atoms. The predicted molar refractivity (Wildman–Crippen MR) is 290 cm³/mol. The normalized spacial score (nSPS) is 38.7. The van der Waals surface area contributed by atoms with Gasteiger partial charge in [0.15, 0.2) is 17.9 Å². The van der Waals surface area contributed by atoms with E-state index in [1.165, 1.54) is 13.0 Å². The number of hydrogen-bond acceptors (Lipinski definition) is 19. The zero-order valence-electron chi connectivity index (χ0n) is 44.9. The molecule has 3 aliphatic rings. The number of carboxylic acids is 1. The fraction of sp³-hybridized carbons (Fsp3) is 0.603. The maximum Gasteiger partial charge on any atom is 0.311 e. The number of nitrogens with two attached hydrogens (primary N) is 2. The SMILES string of the molecule is C[C@@H]1\C=C/C=C\C=C/C=C\C=C/C=C\C=C/[C@@H](O[C@H]2O[C@H](C)[C@@H](O)[C@H](N)[C@@H]2O)C[C@H]2O[C@@](O)(C[C@@H](O)C[C@H](O)C[C@@H](O)CCC[C@@H](O)C[C@@H](O)CC(=O)O[C@H]1[C@@H](C)CC[C@H](O)CC(=O)c1ccc(N)cc1)C[C@H](O)[C@H]2C(=O)O. The van der Waals surface area contributed by atoms with E-state index in [2.05, 4.69) is 0 Å². The van der Waals surface area contributed by atoms with Gasteiger partial charge in [-0.3, -0.25) is 14.4 Å². The molecule has 2 bridgehead atoms. The first-order chi connectivity index (χ1) is 36.9. The highest BCUT2D eigenvalue weighted by atomic mass is 16.7. The number of cyclic esters (lactones) is 1. The lowest BCUT2D eigenvalue weighted by Gasteiger charge is -2.45. The zero-order chi connectivity index (χ0) is 57.5. The van der Waals surface area contributed by atoms with Crippen LogP contribution < -0.4 is 11.5 Å². The van der Waals surface area contributed by atoms with Gasteiger partial charge in [0.2, 0.25) is 0 Å². The summed E-state index contributed by atoms with van der Waals surface area (Å²) in [5, 5.41) is 119. The molecule has 78 heavy (non-hydrogen) atoms. The Bertz CT molecular complexity index is 2200. The minimum Gasteiger partial charge on any atom is -0.481 e. The van der Waals surface area contributed by atoms with Gasteiger partial charge in [-0.2, -0.15) is 0 Å². The summed E-state index contributed by atoms with van der Waals surface area (Å²) in [6.45, 7) is 5.29. The second-order valence-electron chi connectivity index (χ2n) is 21.2. The molecule has 19 atom stereocenters. The molecule has 0 aliphatic carbocycles. The Morgan fingerprint density at radius 2 is 1.28 bits per heavy atom. The Labute approximate surface area is 457 Å². The lowest BCUT2D eigenvalue weighted by Crippen LogP contribution is -2.61. The van der Waals surface area contributed by atoms with Crippen LogP contribution in [0.2, 0.25) is 0 Å². The molecule has 20 nitrogen and oxygen atoms in total. The molecule has 15 N–H and O–H groups in total. The summed E-state index contributed by atoms with van der Waals surface area (Å²) in [6.07, 6.45) is 5.92. The van der Waals surface area contributed by atoms with Crippen LogP contribution >= 0.6 is 0 Å². The predicted octanol–water partition coefficient (Wildman–Crippen LogP) is 3.11. The van der Waals surface area contributed by atoms with Crippen molar-refractivity contribution in [1.29, 1.82) is 0 Å². The van der Waals surface area contributed by atoms with Crippen molar-refractivity contribution in [1.82, 2.24) is 0 Å². The van der Waals surface area contributed by atoms with Gasteiger partial charge in [0.1, 0.15) is 18.1 Å². The highest BCUT2D eigenvalue weighted by Crippen LogP contribution is 2.38. The van der Waals surface area contributed by atoms with Gasteiger partial charge in [0, 0.05) is 42.9 Å². The van der Waals surface area contributed by atoms with Crippen LogP contribution in [0.15, 0.2) is 109 Å². The molecule has 1 aromatic rings. The first-order valence-corrected chi connectivity index (χ1v) is 27.0. The van der Waals surface area contributed by atoms with Crippen LogP contribution in [0.1, 0.15) is 115 Å². The van der Waals surface area contributed by atoms with Gasteiger partial charge in [0.05, 0.1) is 79.6 Å². The van der Waals surface area contributed by atoms with Gasteiger partial charge in [0.25, 0.3) is 0 Å². The van der Waals surface area contributed by atoms with E-state index >= 15 is 0 Å². The molecule has 3 heterocycles. The van der Waals surface area contributed by atoms with E-state index in [1.54, 1.807) is 97.2 Å². The second kappa shape index (κ2) is 33.1. The van der Waals surface area contributed by atoms with Gasteiger partial charge in [-0.05, 0) is 88.5 Å². The van der Waals surface area contributed by atoms with Crippen LogP contribution in [-0.2, 0) is 28.5 Å². The number of ketones is 1.